The van der Waals surface area contributed by atoms with Gasteiger partial charge in [0.2, 0.25) is 0 Å². The maximum Gasteiger partial charge on any atom is 0.301 e. The van der Waals surface area contributed by atoms with E-state index in [4.69, 9.17) is 4.52 Å². The fourth-order valence-electron chi connectivity index (χ4n) is 3.12. The number of hydrogen-bond donors (Lipinski definition) is 1. The number of carbonyl (C=O) groups excluding carboxylic acids is 2. The number of aliphatic hydroxyl groups is 1. The molecule has 4 rings (SSSR count). The number of benzene rings is 1. The van der Waals surface area contributed by atoms with E-state index < -0.39 is 17.7 Å². The number of amides is 1. The Hall–Kier alpha value is -3.19. The minimum Gasteiger partial charge on any atom is -0.507 e. The van der Waals surface area contributed by atoms with Crippen molar-refractivity contribution in [2.75, 3.05) is 4.90 Å². The third-order valence-electron chi connectivity index (χ3n) is 4.44. The van der Waals surface area contributed by atoms with E-state index in [1.165, 1.54) is 16.2 Å². The Kier molecular flexibility index (Phi) is 4.16. The van der Waals surface area contributed by atoms with Crippen molar-refractivity contribution in [2.24, 2.45) is 0 Å². The molecule has 0 unspecified atom stereocenters. The highest BCUT2D eigenvalue weighted by atomic mass is 32.1. The fourth-order valence-corrected chi connectivity index (χ4v) is 3.94. The highest BCUT2D eigenvalue weighted by Gasteiger charge is 2.48. The molecule has 2 aromatic heterocycles. The van der Waals surface area contributed by atoms with Gasteiger partial charge in [-0.1, -0.05) is 41.1 Å². The Bertz CT molecular complexity index is 1050. The summed E-state index contributed by atoms with van der Waals surface area (Å²) in [4.78, 5) is 27.6. The van der Waals surface area contributed by atoms with Gasteiger partial charge in [0.25, 0.3) is 5.78 Å². The standard InChI is InChI=1S/C20H16N2O4S/c1-11-5-7-13(8-6-11)18(23)16-17(14-4-3-9-27-14)22(20(25)19(16)24)15-10-12(2)26-21-15/h3-10,17,23H,1-2H3/b18-16+/t17-/m0/s1. The van der Waals surface area contributed by atoms with E-state index in [0.717, 1.165) is 10.4 Å². The maximum atomic E-state index is 12.8. The predicted molar refractivity (Wildman–Crippen MR) is 102 cm³/mol. The minimum absolute atomic E-state index is 0.0481. The maximum absolute atomic E-state index is 12.8. The number of Topliss-reactive ketones (excluding diaryl/α,β-unsaturated/α-hetero) is 1. The number of thiophene rings is 1. The summed E-state index contributed by atoms with van der Waals surface area (Å²) in [6.07, 6.45) is 0. The molecule has 1 aliphatic heterocycles. The lowest BCUT2D eigenvalue weighted by molar-refractivity contribution is -0.132. The molecule has 1 saturated heterocycles. The van der Waals surface area contributed by atoms with E-state index in [1.807, 2.05) is 36.6 Å². The van der Waals surface area contributed by atoms with Gasteiger partial charge in [-0.25, -0.2) is 0 Å². The number of anilines is 1. The van der Waals surface area contributed by atoms with E-state index in [1.54, 1.807) is 25.1 Å². The quantitative estimate of drug-likeness (QED) is 0.422. The topological polar surface area (TPSA) is 83.6 Å². The molecule has 0 bridgehead atoms. The molecule has 3 heterocycles. The van der Waals surface area contributed by atoms with Crippen LogP contribution in [-0.2, 0) is 9.59 Å². The number of aryl methyl sites for hydroxylation is 2. The number of ketones is 1. The van der Waals surface area contributed by atoms with E-state index in [9.17, 15) is 14.7 Å². The summed E-state index contributed by atoms with van der Waals surface area (Å²) in [5, 5.41) is 16.6. The molecule has 1 amide bonds. The molecule has 136 valence electrons. The molecular formula is C20H16N2O4S. The molecule has 6 nitrogen and oxygen atoms in total. The largest absolute Gasteiger partial charge is 0.507 e. The smallest absolute Gasteiger partial charge is 0.301 e. The van der Waals surface area contributed by atoms with Crippen LogP contribution in [0.25, 0.3) is 5.76 Å². The van der Waals surface area contributed by atoms with Crippen molar-refractivity contribution in [2.45, 2.75) is 19.9 Å². The number of aliphatic hydroxyl groups excluding tert-OH is 1. The zero-order chi connectivity index (χ0) is 19.1. The molecule has 1 fully saturated rings. The zero-order valence-corrected chi connectivity index (χ0v) is 15.5. The number of aromatic nitrogens is 1. The van der Waals surface area contributed by atoms with Gasteiger partial charge >= 0.3 is 5.91 Å². The second-order valence-corrected chi connectivity index (χ2v) is 7.33. The fraction of sp³-hybridized carbons (Fsp3) is 0.150. The van der Waals surface area contributed by atoms with Crippen molar-refractivity contribution in [3.63, 3.8) is 0 Å². The van der Waals surface area contributed by atoms with Crippen molar-refractivity contribution in [3.05, 3.63) is 75.2 Å². The van der Waals surface area contributed by atoms with Gasteiger partial charge in [-0.05, 0) is 25.3 Å². The van der Waals surface area contributed by atoms with E-state index in [2.05, 4.69) is 5.16 Å². The first-order valence-electron chi connectivity index (χ1n) is 8.32. The zero-order valence-electron chi connectivity index (χ0n) is 14.7. The summed E-state index contributed by atoms with van der Waals surface area (Å²) >= 11 is 1.40. The second-order valence-electron chi connectivity index (χ2n) is 6.35. The molecule has 0 spiro atoms. The summed E-state index contributed by atoms with van der Waals surface area (Å²) in [6, 6.07) is 11.6. The molecule has 27 heavy (non-hydrogen) atoms. The van der Waals surface area contributed by atoms with Gasteiger partial charge in [-0.3, -0.25) is 14.5 Å². The molecule has 3 aromatic rings. The lowest BCUT2D eigenvalue weighted by atomic mass is 9.99. The van der Waals surface area contributed by atoms with Gasteiger partial charge in [-0.15, -0.1) is 11.3 Å². The number of rotatable bonds is 3. The monoisotopic (exact) mass is 380 g/mol. The Balaban J connectivity index is 1.92. The van der Waals surface area contributed by atoms with Crippen LogP contribution in [0.15, 0.2) is 57.9 Å². The van der Waals surface area contributed by atoms with Gasteiger partial charge in [0.15, 0.2) is 5.82 Å². The summed E-state index contributed by atoms with van der Waals surface area (Å²) in [5.74, 6) is -0.914. The molecule has 7 heteroatoms. The van der Waals surface area contributed by atoms with E-state index >= 15 is 0 Å². The highest BCUT2D eigenvalue weighted by Crippen LogP contribution is 2.43. The lowest BCUT2D eigenvalue weighted by Crippen LogP contribution is -2.29. The van der Waals surface area contributed by atoms with E-state index in [-0.39, 0.29) is 17.2 Å². The minimum atomic E-state index is -0.754. The summed E-state index contributed by atoms with van der Waals surface area (Å²) in [7, 11) is 0. The van der Waals surface area contributed by atoms with Crippen LogP contribution in [0.2, 0.25) is 0 Å². The van der Waals surface area contributed by atoms with Crippen LogP contribution in [0.3, 0.4) is 0 Å². The molecule has 0 radical (unpaired) electrons. The normalized spacial score (nSPS) is 19.0. The Morgan fingerprint density at radius 2 is 1.93 bits per heavy atom. The van der Waals surface area contributed by atoms with Crippen LogP contribution < -0.4 is 4.90 Å². The molecule has 1 N–H and O–H groups in total. The first-order chi connectivity index (χ1) is 13.0. The van der Waals surface area contributed by atoms with Crippen molar-refractivity contribution in [3.8, 4) is 0 Å². The average molecular weight is 380 g/mol. The van der Waals surface area contributed by atoms with Crippen LogP contribution in [-0.4, -0.2) is 22.0 Å². The molecular weight excluding hydrogens is 364 g/mol. The van der Waals surface area contributed by atoms with Crippen LogP contribution in [0.4, 0.5) is 5.82 Å². The third-order valence-corrected chi connectivity index (χ3v) is 5.37. The van der Waals surface area contributed by atoms with Gasteiger partial charge in [0, 0.05) is 16.5 Å². The Labute approximate surface area is 159 Å². The van der Waals surface area contributed by atoms with Gasteiger partial charge in [0.05, 0.1) is 5.57 Å². The summed E-state index contributed by atoms with van der Waals surface area (Å²) in [6.45, 7) is 3.64. The third kappa shape index (κ3) is 2.86. The van der Waals surface area contributed by atoms with Crippen LogP contribution in [0, 0.1) is 13.8 Å². The Morgan fingerprint density at radius 3 is 2.52 bits per heavy atom. The van der Waals surface area contributed by atoms with Gasteiger partial charge < -0.3 is 9.63 Å². The number of carbonyl (C=O) groups is 2. The molecule has 1 atom stereocenters. The molecule has 1 aliphatic rings. The first kappa shape index (κ1) is 17.2. The average Bonchev–Trinajstić information content (AvgIpc) is 3.37. The van der Waals surface area contributed by atoms with Crippen molar-refractivity contribution in [1.82, 2.24) is 5.16 Å². The molecule has 0 saturated carbocycles. The molecule has 0 aliphatic carbocycles. The van der Waals surface area contributed by atoms with Crippen molar-refractivity contribution >= 4 is 34.6 Å². The Morgan fingerprint density at radius 1 is 1.19 bits per heavy atom. The van der Waals surface area contributed by atoms with Gasteiger partial charge in [0.1, 0.15) is 17.6 Å². The van der Waals surface area contributed by atoms with Crippen molar-refractivity contribution in [1.29, 1.82) is 0 Å². The number of hydrogen-bond acceptors (Lipinski definition) is 6. The summed E-state index contributed by atoms with van der Waals surface area (Å²) < 4.78 is 5.09. The molecule has 1 aromatic carbocycles. The highest BCUT2D eigenvalue weighted by molar-refractivity contribution is 7.10. The van der Waals surface area contributed by atoms with Crippen LogP contribution in [0.5, 0.6) is 0 Å². The second kappa shape index (κ2) is 6.51. The van der Waals surface area contributed by atoms with Crippen LogP contribution >= 0.6 is 11.3 Å². The summed E-state index contributed by atoms with van der Waals surface area (Å²) in [5.41, 5.74) is 1.56. The van der Waals surface area contributed by atoms with E-state index in [0.29, 0.717) is 11.3 Å². The van der Waals surface area contributed by atoms with Crippen LogP contribution in [0.1, 0.15) is 27.8 Å². The first-order valence-corrected chi connectivity index (χ1v) is 9.20. The lowest BCUT2D eigenvalue weighted by Gasteiger charge is -2.21. The van der Waals surface area contributed by atoms with Crippen molar-refractivity contribution < 1.29 is 19.2 Å². The SMILES string of the molecule is Cc1ccc(/C(O)=C2\C(=O)C(=O)N(c3cc(C)on3)[C@H]2c2cccs2)cc1. The predicted octanol–water partition coefficient (Wildman–Crippen LogP) is 3.98. The number of nitrogens with zero attached hydrogens (tertiary/aromatic N) is 2. The van der Waals surface area contributed by atoms with Gasteiger partial charge in [-0.2, -0.15) is 0 Å².